The van der Waals surface area contributed by atoms with E-state index in [2.05, 4.69) is 60.8 Å². The Morgan fingerprint density at radius 1 is 1.16 bits per heavy atom. The maximum Gasteiger partial charge on any atom is 0.262 e. The van der Waals surface area contributed by atoms with Crippen LogP contribution in [0.2, 0.25) is 0 Å². The normalized spacial score (nSPS) is 18.2. The molecule has 0 radical (unpaired) electrons. The average Bonchev–Trinajstić information content (AvgIpc) is 3.38. The molecule has 6 nitrogen and oxygen atoms in total. The van der Waals surface area contributed by atoms with Crippen molar-refractivity contribution in [2.45, 2.75) is 84.6 Å². The van der Waals surface area contributed by atoms with Gasteiger partial charge in [0.1, 0.15) is 18.1 Å². The van der Waals surface area contributed by atoms with Gasteiger partial charge in [-0.2, -0.15) is 11.3 Å². The topological polar surface area (TPSA) is 67.9 Å². The molecule has 2 fully saturated rings. The molecule has 3 aliphatic rings. The number of thiophene rings is 1. The van der Waals surface area contributed by atoms with Crippen LogP contribution in [-0.2, 0) is 16.0 Å². The maximum atomic E-state index is 14.3. The van der Waals surface area contributed by atoms with Gasteiger partial charge >= 0.3 is 0 Å². The summed E-state index contributed by atoms with van der Waals surface area (Å²) in [5.41, 5.74) is 10.4. The second kappa shape index (κ2) is 15.0. The number of likely N-dealkylation sites (tertiary alicyclic amines) is 1. The summed E-state index contributed by atoms with van der Waals surface area (Å²) in [5, 5.41) is 7.58. The summed E-state index contributed by atoms with van der Waals surface area (Å²) in [4.78, 5) is 28.8. The largest absolute Gasteiger partial charge is 0.496 e. The molecule has 1 N–H and O–H groups in total. The molecule has 2 aromatic rings. The van der Waals surface area contributed by atoms with E-state index < -0.39 is 0 Å². The van der Waals surface area contributed by atoms with E-state index in [0.717, 1.165) is 91.6 Å². The van der Waals surface area contributed by atoms with E-state index in [0.29, 0.717) is 25.3 Å². The van der Waals surface area contributed by atoms with Crippen molar-refractivity contribution >= 4 is 34.8 Å². The molecule has 234 valence electrons. The number of hydrogen-bond donors (Lipinski definition) is 1. The molecule has 1 unspecified atom stereocenters. The smallest absolute Gasteiger partial charge is 0.262 e. The van der Waals surface area contributed by atoms with Crippen LogP contribution in [0.1, 0.15) is 88.8 Å². The highest BCUT2D eigenvalue weighted by molar-refractivity contribution is 7.07. The molecule has 0 spiro atoms. The minimum absolute atomic E-state index is 0.00973. The van der Waals surface area contributed by atoms with E-state index >= 15 is 0 Å². The van der Waals surface area contributed by atoms with Gasteiger partial charge < -0.3 is 19.7 Å². The van der Waals surface area contributed by atoms with E-state index in [1.807, 2.05) is 17.0 Å². The summed E-state index contributed by atoms with van der Waals surface area (Å²) in [6.45, 7) is 7.80. The summed E-state index contributed by atoms with van der Waals surface area (Å²) in [6.07, 6.45) is 12.7. The van der Waals surface area contributed by atoms with Gasteiger partial charge in [0.2, 0.25) is 5.91 Å². The van der Waals surface area contributed by atoms with Gasteiger partial charge in [-0.05, 0) is 112 Å². The van der Waals surface area contributed by atoms with Crippen molar-refractivity contribution in [3.8, 4) is 11.5 Å². The number of nitrogens with one attached hydrogen (secondary N) is 1. The number of benzene rings is 1. The fraction of sp³-hybridized carbons (Fsp3) is 0.486. The Morgan fingerprint density at radius 3 is 2.70 bits per heavy atom. The first-order valence-electron chi connectivity index (χ1n) is 16.1. The van der Waals surface area contributed by atoms with Crippen molar-refractivity contribution in [2.24, 2.45) is 5.92 Å². The van der Waals surface area contributed by atoms with Gasteiger partial charge in [-0.15, -0.1) is 5.73 Å². The zero-order valence-electron chi connectivity index (χ0n) is 26.7. The van der Waals surface area contributed by atoms with Crippen LogP contribution in [0, 0.1) is 5.92 Å². The van der Waals surface area contributed by atoms with Gasteiger partial charge in [-0.3, -0.25) is 9.59 Å². The van der Waals surface area contributed by atoms with Crippen molar-refractivity contribution < 1.29 is 19.1 Å². The number of methoxy groups -OCH3 is 1. The number of carbonyl (C=O) groups is 2. The van der Waals surface area contributed by atoms with Crippen molar-refractivity contribution in [3.05, 3.63) is 74.2 Å². The lowest BCUT2D eigenvalue weighted by Crippen LogP contribution is -2.41. The Kier molecular flexibility index (Phi) is 10.8. The van der Waals surface area contributed by atoms with E-state index in [4.69, 9.17) is 9.47 Å². The molecule has 0 bridgehead atoms. The van der Waals surface area contributed by atoms with Gasteiger partial charge in [0, 0.05) is 47.8 Å². The molecule has 7 heteroatoms. The fourth-order valence-corrected chi connectivity index (χ4v) is 6.86. The first-order chi connectivity index (χ1) is 21.3. The van der Waals surface area contributed by atoms with Crippen LogP contribution in [0.15, 0.2) is 57.5 Å². The zero-order valence-corrected chi connectivity index (χ0v) is 27.5. The van der Waals surface area contributed by atoms with E-state index in [1.54, 1.807) is 18.4 Å². The Hall–Kier alpha value is -3.54. The summed E-state index contributed by atoms with van der Waals surface area (Å²) >= 11 is 1.72. The number of unbranched alkanes of at least 4 members (excludes halogenated alkanes) is 1. The van der Waals surface area contributed by atoms with Gasteiger partial charge in [0.25, 0.3) is 5.91 Å². The third kappa shape index (κ3) is 7.75. The van der Waals surface area contributed by atoms with Crippen LogP contribution in [0.4, 0.5) is 0 Å². The lowest BCUT2D eigenvalue weighted by atomic mass is 9.84. The summed E-state index contributed by atoms with van der Waals surface area (Å²) in [5.74, 6) is 1.89. The van der Waals surface area contributed by atoms with Crippen molar-refractivity contribution in [1.29, 1.82) is 0 Å². The number of amides is 2. The van der Waals surface area contributed by atoms with Crippen LogP contribution < -0.4 is 14.8 Å². The number of aryl methyl sites for hydroxylation is 1. The van der Waals surface area contributed by atoms with Crippen molar-refractivity contribution in [3.63, 3.8) is 0 Å². The van der Waals surface area contributed by atoms with Gasteiger partial charge in [0.15, 0.2) is 0 Å². The third-order valence-electron chi connectivity index (χ3n) is 9.00. The molecule has 1 atom stereocenters. The van der Waals surface area contributed by atoms with Crippen molar-refractivity contribution in [1.82, 2.24) is 10.2 Å². The summed E-state index contributed by atoms with van der Waals surface area (Å²) in [6, 6.07) is 6.34. The predicted molar refractivity (Wildman–Crippen MR) is 179 cm³/mol. The maximum absolute atomic E-state index is 14.3. The number of nitrogens with zero attached hydrogens (tertiary/aromatic N) is 1. The summed E-state index contributed by atoms with van der Waals surface area (Å²) in [7, 11) is 1.67. The fourth-order valence-electron chi connectivity index (χ4n) is 6.16. The van der Waals surface area contributed by atoms with E-state index in [9.17, 15) is 9.59 Å². The molecular formula is C37H46N2O4S. The Morgan fingerprint density at radius 2 is 2.00 bits per heavy atom. The van der Waals surface area contributed by atoms with Crippen LogP contribution in [0.25, 0.3) is 11.6 Å². The predicted octanol–water partition coefficient (Wildman–Crippen LogP) is 7.75. The number of rotatable bonds is 10. The molecule has 2 amide bonds. The van der Waals surface area contributed by atoms with Crippen LogP contribution in [0.3, 0.4) is 0 Å². The lowest BCUT2D eigenvalue weighted by molar-refractivity contribution is -0.128. The number of hydrogen-bond acceptors (Lipinski definition) is 5. The molecule has 1 saturated carbocycles. The van der Waals surface area contributed by atoms with Gasteiger partial charge in [-0.25, -0.2) is 0 Å². The molecule has 5 rings (SSSR count). The molecular weight excluding hydrogens is 568 g/mol. The van der Waals surface area contributed by atoms with E-state index in [-0.39, 0.29) is 23.8 Å². The van der Waals surface area contributed by atoms with Gasteiger partial charge in [0.05, 0.1) is 12.7 Å². The molecule has 44 heavy (non-hydrogen) atoms. The molecule has 1 aromatic carbocycles. The van der Waals surface area contributed by atoms with Crippen molar-refractivity contribution in [2.75, 3.05) is 26.8 Å². The average molecular weight is 615 g/mol. The van der Waals surface area contributed by atoms with Gasteiger partial charge in [-0.1, -0.05) is 18.1 Å². The molecule has 1 aliphatic carbocycles. The zero-order chi connectivity index (χ0) is 31.1. The Bertz CT molecular complexity index is 1470. The molecule has 1 aromatic heterocycles. The monoisotopic (exact) mass is 614 g/mol. The summed E-state index contributed by atoms with van der Waals surface area (Å²) < 4.78 is 11.9. The quantitative estimate of drug-likeness (QED) is 0.169. The standard InChI is InChI=1S/C37H46N2O4S/c1-25(2)20-29-21-32-26(3)33(23-43-35(32)22-34(29)42-4)31(14-7-5-6-10-27-16-19-44-24-27)37(41)39-17-9-13-30(15-18-39)38-36(40)28-11-8-12-28/h7,16,19-22,24,28,30H,5-6,8-13,15,17-18,23H2,1-4H3,(H,38,40). The third-order valence-corrected chi connectivity index (χ3v) is 9.73. The second-order valence-electron chi connectivity index (χ2n) is 12.5. The molecule has 3 heterocycles. The highest BCUT2D eigenvalue weighted by Crippen LogP contribution is 2.40. The number of carbonyl (C=O) groups excluding carboxylic acids is 2. The van der Waals surface area contributed by atoms with Crippen LogP contribution >= 0.6 is 11.3 Å². The first kappa shape index (κ1) is 31.9. The first-order valence-corrected chi connectivity index (χ1v) is 17.0. The number of fused-ring (bicyclic) bond motifs is 1. The Labute approximate surface area is 266 Å². The molecule has 2 aliphatic heterocycles. The Balaban J connectivity index is 1.40. The van der Waals surface area contributed by atoms with E-state index in [1.165, 1.54) is 11.1 Å². The SMILES string of the molecule is COc1cc2c(cc1C=C(C)C)C(C)=C(C(=C=CCCCc1ccsc1)C(=O)N1CCCC(NC(=O)C3CCC3)CC1)CO2. The van der Waals surface area contributed by atoms with Crippen LogP contribution in [-0.4, -0.2) is 49.6 Å². The molecule has 1 saturated heterocycles. The minimum atomic E-state index is -0.00973. The lowest BCUT2D eigenvalue weighted by Gasteiger charge is -2.28. The van der Waals surface area contributed by atoms with Crippen LogP contribution in [0.5, 0.6) is 11.5 Å². The number of allylic oxidation sites excluding steroid dienone is 2. The highest BCUT2D eigenvalue weighted by atomic mass is 32.1. The number of ether oxygens (including phenoxy) is 2. The second-order valence-corrected chi connectivity index (χ2v) is 13.3. The highest BCUT2D eigenvalue weighted by Gasteiger charge is 2.31. The minimum Gasteiger partial charge on any atom is -0.496 e.